The van der Waals surface area contributed by atoms with Gasteiger partial charge in [-0.2, -0.15) is 0 Å². The van der Waals surface area contributed by atoms with E-state index in [1.807, 2.05) is 25.1 Å². The Labute approximate surface area is 153 Å². The van der Waals surface area contributed by atoms with Crippen molar-refractivity contribution >= 4 is 29.1 Å². The lowest BCUT2D eigenvalue weighted by Crippen LogP contribution is -2.51. The standard InChI is InChI=1S/C18H25ClN4O2/c1-3-6-20-17(24)12-22-7-9-23(10-8-22)13-18(25)21-16-5-4-14(2)11-15(16)19/h3-5,11H,1,6-10,12-13H2,2H3,(H,20,24)(H,21,25). The van der Waals surface area contributed by atoms with Gasteiger partial charge in [0, 0.05) is 32.7 Å². The molecule has 2 rings (SSSR count). The first-order valence-electron chi connectivity index (χ1n) is 8.36. The van der Waals surface area contributed by atoms with Crippen molar-refractivity contribution in [3.8, 4) is 0 Å². The first kappa shape index (κ1) is 19.4. The van der Waals surface area contributed by atoms with Crippen molar-refractivity contribution in [3.05, 3.63) is 41.4 Å². The van der Waals surface area contributed by atoms with Gasteiger partial charge in [-0.25, -0.2) is 0 Å². The maximum atomic E-state index is 12.2. The number of nitrogens with one attached hydrogen (secondary N) is 2. The van der Waals surface area contributed by atoms with E-state index in [9.17, 15) is 9.59 Å². The summed E-state index contributed by atoms with van der Waals surface area (Å²) in [6.45, 7) is 9.75. The van der Waals surface area contributed by atoms with Gasteiger partial charge >= 0.3 is 0 Å². The number of carbonyl (C=O) groups is 2. The van der Waals surface area contributed by atoms with E-state index in [1.54, 1.807) is 6.08 Å². The summed E-state index contributed by atoms with van der Waals surface area (Å²) in [5, 5.41) is 6.17. The highest BCUT2D eigenvalue weighted by atomic mass is 35.5. The fourth-order valence-electron chi connectivity index (χ4n) is 2.66. The molecule has 0 unspecified atom stereocenters. The van der Waals surface area contributed by atoms with Crippen LogP contribution in [0, 0.1) is 6.92 Å². The van der Waals surface area contributed by atoms with E-state index in [-0.39, 0.29) is 11.8 Å². The van der Waals surface area contributed by atoms with Gasteiger partial charge in [-0.3, -0.25) is 19.4 Å². The number of aryl methyl sites for hydroxylation is 1. The fraction of sp³-hybridized carbons (Fsp3) is 0.444. The van der Waals surface area contributed by atoms with Crippen LogP contribution in [0.5, 0.6) is 0 Å². The van der Waals surface area contributed by atoms with Crippen molar-refractivity contribution in [2.75, 3.05) is 51.1 Å². The van der Waals surface area contributed by atoms with Crippen LogP contribution in [-0.2, 0) is 9.59 Å². The summed E-state index contributed by atoms with van der Waals surface area (Å²) in [7, 11) is 0. The molecule has 2 amide bonds. The molecular weight excluding hydrogens is 340 g/mol. The largest absolute Gasteiger partial charge is 0.352 e. The Morgan fingerprint density at radius 1 is 1.16 bits per heavy atom. The van der Waals surface area contributed by atoms with Crippen LogP contribution < -0.4 is 10.6 Å². The lowest BCUT2D eigenvalue weighted by Gasteiger charge is -2.33. The highest BCUT2D eigenvalue weighted by Gasteiger charge is 2.20. The molecule has 1 aromatic carbocycles. The molecule has 1 aliphatic heterocycles. The third-order valence-electron chi connectivity index (χ3n) is 4.04. The zero-order valence-electron chi connectivity index (χ0n) is 14.6. The van der Waals surface area contributed by atoms with Gasteiger partial charge in [0.15, 0.2) is 0 Å². The number of hydrogen-bond acceptors (Lipinski definition) is 4. The Kier molecular flexibility index (Phi) is 7.43. The first-order valence-corrected chi connectivity index (χ1v) is 8.74. The Hall–Kier alpha value is -1.89. The van der Waals surface area contributed by atoms with E-state index in [0.29, 0.717) is 30.3 Å². The average Bonchev–Trinajstić information content (AvgIpc) is 2.57. The molecule has 0 spiro atoms. The summed E-state index contributed by atoms with van der Waals surface area (Å²) in [4.78, 5) is 28.1. The molecule has 1 aliphatic rings. The molecule has 0 radical (unpaired) electrons. The Morgan fingerprint density at radius 2 is 1.76 bits per heavy atom. The van der Waals surface area contributed by atoms with E-state index in [2.05, 4.69) is 27.0 Å². The maximum absolute atomic E-state index is 12.2. The third kappa shape index (κ3) is 6.49. The monoisotopic (exact) mass is 364 g/mol. The SMILES string of the molecule is C=CCNC(=O)CN1CCN(CC(=O)Nc2ccc(C)cc2Cl)CC1. The van der Waals surface area contributed by atoms with E-state index >= 15 is 0 Å². The minimum atomic E-state index is -0.0806. The highest BCUT2D eigenvalue weighted by molar-refractivity contribution is 6.33. The molecule has 1 fully saturated rings. The molecule has 7 heteroatoms. The van der Waals surface area contributed by atoms with Gasteiger partial charge in [0.2, 0.25) is 11.8 Å². The number of benzene rings is 1. The van der Waals surface area contributed by atoms with Gasteiger partial charge in [-0.15, -0.1) is 6.58 Å². The van der Waals surface area contributed by atoms with Crippen molar-refractivity contribution < 1.29 is 9.59 Å². The number of piperazine rings is 1. The zero-order chi connectivity index (χ0) is 18.2. The molecule has 2 N–H and O–H groups in total. The van der Waals surface area contributed by atoms with Crippen molar-refractivity contribution in [3.63, 3.8) is 0 Å². The molecule has 25 heavy (non-hydrogen) atoms. The van der Waals surface area contributed by atoms with Crippen LogP contribution in [0.15, 0.2) is 30.9 Å². The minimum Gasteiger partial charge on any atom is -0.352 e. The second kappa shape index (κ2) is 9.56. The normalized spacial score (nSPS) is 15.6. The molecule has 1 saturated heterocycles. The van der Waals surface area contributed by atoms with Gasteiger partial charge in [0.05, 0.1) is 23.8 Å². The van der Waals surface area contributed by atoms with E-state index in [4.69, 9.17) is 11.6 Å². The van der Waals surface area contributed by atoms with Crippen LogP contribution in [-0.4, -0.2) is 67.4 Å². The number of carbonyl (C=O) groups excluding carboxylic acids is 2. The zero-order valence-corrected chi connectivity index (χ0v) is 15.3. The smallest absolute Gasteiger partial charge is 0.238 e. The fourth-order valence-corrected chi connectivity index (χ4v) is 2.95. The molecule has 0 bridgehead atoms. The Bertz CT molecular complexity index is 628. The van der Waals surface area contributed by atoms with Crippen LogP contribution in [0.25, 0.3) is 0 Å². The average molecular weight is 365 g/mol. The van der Waals surface area contributed by atoms with E-state index < -0.39 is 0 Å². The number of hydrogen-bond donors (Lipinski definition) is 2. The van der Waals surface area contributed by atoms with Crippen molar-refractivity contribution in [2.24, 2.45) is 0 Å². The maximum Gasteiger partial charge on any atom is 0.238 e. The number of nitrogens with zero attached hydrogens (tertiary/aromatic N) is 2. The second-order valence-electron chi connectivity index (χ2n) is 6.18. The lowest BCUT2D eigenvalue weighted by atomic mass is 10.2. The molecular formula is C18H25ClN4O2. The number of rotatable bonds is 7. The quantitative estimate of drug-likeness (QED) is 0.720. The first-order chi connectivity index (χ1) is 12.0. The molecule has 0 aliphatic carbocycles. The summed E-state index contributed by atoms with van der Waals surface area (Å²) >= 11 is 6.14. The molecule has 1 aromatic rings. The molecule has 0 saturated carbocycles. The third-order valence-corrected chi connectivity index (χ3v) is 4.35. The van der Waals surface area contributed by atoms with Crippen LogP contribution in [0.2, 0.25) is 5.02 Å². The highest BCUT2D eigenvalue weighted by Crippen LogP contribution is 2.22. The summed E-state index contributed by atoms with van der Waals surface area (Å²) < 4.78 is 0. The van der Waals surface area contributed by atoms with E-state index in [1.165, 1.54) is 0 Å². The van der Waals surface area contributed by atoms with E-state index in [0.717, 1.165) is 31.7 Å². The molecule has 1 heterocycles. The number of anilines is 1. The summed E-state index contributed by atoms with van der Waals surface area (Å²) in [6, 6.07) is 5.56. The summed E-state index contributed by atoms with van der Waals surface area (Å²) in [5.41, 5.74) is 1.69. The van der Waals surface area contributed by atoms with Gasteiger partial charge in [-0.05, 0) is 24.6 Å². The molecule has 136 valence electrons. The van der Waals surface area contributed by atoms with Gasteiger partial charge < -0.3 is 10.6 Å². The predicted octanol–water partition coefficient (Wildman–Crippen LogP) is 1.51. The molecule has 0 atom stereocenters. The van der Waals surface area contributed by atoms with Crippen LogP contribution in [0.1, 0.15) is 5.56 Å². The summed E-state index contributed by atoms with van der Waals surface area (Å²) in [5.74, 6) is -0.0805. The topological polar surface area (TPSA) is 64.7 Å². The van der Waals surface area contributed by atoms with Crippen LogP contribution in [0.4, 0.5) is 5.69 Å². The number of amides is 2. The minimum absolute atomic E-state index is 0.0000981. The summed E-state index contributed by atoms with van der Waals surface area (Å²) in [6.07, 6.45) is 1.66. The Morgan fingerprint density at radius 3 is 2.32 bits per heavy atom. The van der Waals surface area contributed by atoms with Crippen LogP contribution >= 0.6 is 11.6 Å². The van der Waals surface area contributed by atoms with Crippen molar-refractivity contribution in [1.29, 1.82) is 0 Å². The molecule has 6 nitrogen and oxygen atoms in total. The van der Waals surface area contributed by atoms with Gasteiger partial charge in [0.25, 0.3) is 0 Å². The number of halogens is 1. The van der Waals surface area contributed by atoms with Crippen molar-refractivity contribution in [1.82, 2.24) is 15.1 Å². The lowest BCUT2D eigenvalue weighted by molar-refractivity contribution is -0.123. The predicted molar refractivity (Wildman–Crippen MR) is 101 cm³/mol. The second-order valence-corrected chi connectivity index (χ2v) is 6.58. The van der Waals surface area contributed by atoms with Gasteiger partial charge in [0.1, 0.15) is 0 Å². The van der Waals surface area contributed by atoms with Crippen molar-refractivity contribution in [2.45, 2.75) is 6.92 Å². The van der Waals surface area contributed by atoms with Crippen LogP contribution in [0.3, 0.4) is 0 Å². The Balaban J connectivity index is 1.73. The molecule has 0 aromatic heterocycles. The van der Waals surface area contributed by atoms with Gasteiger partial charge in [-0.1, -0.05) is 23.7 Å².